The Labute approximate surface area is 148 Å². The van der Waals surface area contributed by atoms with Crippen LogP contribution in [0, 0.1) is 0 Å². The third kappa shape index (κ3) is 53.4. The van der Waals surface area contributed by atoms with Gasteiger partial charge in [0.15, 0.2) is 0 Å². The van der Waals surface area contributed by atoms with Gasteiger partial charge in [0, 0.05) is 44.2 Å². The summed E-state index contributed by atoms with van der Waals surface area (Å²) in [5.74, 6) is 0. The molecule has 1 rings (SSSR count). The molecular weight excluding hydrogens is 461 g/mol. The zero-order chi connectivity index (χ0) is 16.7. The van der Waals surface area contributed by atoms with Gasteiger partial charge in [0.1, 0.15) is 0 Å². The molecule has 0 saturated carbocycles. The molecule has 126 valence electrons. The van der Waals surface area contributed by atoms with E-state index >= 15 is 0 Å². The van der Waals surface area contributed by atoms with E-state index in [4.69, 9.17) is 15.3 Å². The Balaban J connectivity index is -0.0000000973. The van der Waals surface area contributed by atoms with Crippen molar-refractivity contribution in [2.45, 2.75) is 59.9 Å². The smallest absolute Gasteiger partial charge is 0.387 e. The van der Waals surface area contributed by atoms with Gasteiger partial charge < -0.3 is 15.3 Å². The second kappa shape index (κ2) is 20.2. The zero-order valence-corrected chi connectivity index (χ0v) is 18.5. The molecule has 21 heavy (non-hydrogen) atoms. The van der Waals surface area contributed by atoms with Crippen LogP contribution in [0.2, 0.25) is 0 Å². The summed E-state index contributed by atoms with van der Waals surface area (Å²) in [5, 5.41) is 24.4. The van der Waals surface area contributed by atoms with E-state index in [1.54, 1.807) is 53.7 Å². The van der Waals surface area contributed by atoms with Crippen molar-refractivity contribution in [1.82, 2.24) is 0 Å². The van der Waals surface area contributed by atoms with Gasteiger partial charge in [-0.05, 0) is 41.5 Å². The standard InChI is InChI=1S/C5H5F2Si.3C3H8O.Hf/c6-8(7)5-3-1-2-4-5;3*1-3(2)4;/h1-4,8H;3*3-4H,1-2H3;/q-1;;;;. The molecule has 0 bridgehead atoms. The first-order valence-corrected chi connectivity index (χ1v) is 7.99. The van der Waals surface area contributed by atoms with Gasteiger partial charge in [0.05, 0.1) is 0 Å². The number of rotatable bonds is 1. The summed E-state index contributed by atoms with van der Waals surface area (Å²) in [6.07, 6.45) is -0.500. The normalized spacial score (nSPS) is 9.10. The molecule has 1 aromatic carbocycles. The van der Waals surface area contributed by atoms with E-state index in [1.165, 1.54) is 12.1 Å². The fourth-order valence-corrected chi connectivity index (χ4v) is 1.05. The van der Waals surface area contributed by atoms with E-state index in [-0.39, 0.29) is 49.3 Å². The molecule has 0 saturated heterocycles. The molecule has 0 aliphatic rings. The Kier molecular flexibility index (Phi) is 28.1. The van der Waals surface area contributed by atoms with Gasteiger partial charge in [-0.1, -0.05) is 0 Å². The van der Waals surface area contributed by atoms with Crippen LogP contribution in [-0.2, 0) is 25.8 Å². The fraction of sp³-hybridized carbons (Fsp3) is 0.643. The largest absolute Gasteiger partial charge is 0.394 e. The molecular formula is C14H29F2HfO3Si-. The van der Waals surface area contributed by atoms with Gasteiger partial charge in [0.2, 0.25) is 0 Å². The van der Waals surface area contributed by atoms with Crippen molar-refractivity contribution in [3.8, 4) is 0 Å². The average Bonchev–Trinajstić information content (AvgIpc) is 2.66. The zero-order valence-electron chi connectivity index (χ0n) is 13.7. The molecule has 0 amide bonds. The van der Waals surface area contributed by atoms with Crippen LogP contribution in [0.4, 0.5) is 8.22 Å². The summed E-state index contributed by atoms with van der Waals surface area (Å²) in [7, 11) is -3.48. The number of halogens is 2. The monoisotopic (exact) mass is 491 g/mol. The van der Waals surface area contributed by atoms with Gasteiger partial charge in [-0.15, -0.1) is 5.19 Å². The molecule has 0 atom stereocenters. The second-order valence-electron chi connectivity index (χ2n) is 4.80. The topological polar surface area (TPSA) is 60.7 Å². The van der Waals surface area contributed by atoms with Crippen LogP contribution >= 0.6 is 0 Å². The Morgan fingerprint density at radius 3 is 1.05 bits per heavy atom. The van der Waals surface area contributed by atoms with Gasteiger partial charge in [-0.2, -0.15) is 12.1 Å². The third-order valence-corrected chi connectivity index (χ3v) is 1.83. The van der Waals surface area contributed by atoms with Crippen LogP contribution in [0.1, 0.15) is 41.5 Å². The van der Waals surface area contributed by atoms with Crippen molar-refractivity contribution < 1.29 is 49.4 Å². The van der Waals surface area contributed by atoms with E-state index in [1.807, 2.05) is 0 Å². The van der Waals surface area contributed by atoms with E-state index in [0.29, 0.717) is 0 Å². The van der Waals surface area contributed by atoms with Crippen LogP contribution < -0.4 is 5.19 Å². The predicted octanol–water partition coefficient (Wildman–Crippen LogP) is 1.93. The Morgan fingerprint density at radius 1 is 0.762 bits per heavy atom. The van der Waals surface area contributed by atoms with Gasteiger partial charge in [-0.3, -0.25) is 8.22 Å². The van der Waals surface area contributed by atoms with Crippen LogP contribution in [0.5, 0.6) is 0 Å². The summed E-state index contributed by atoms with van der Waals surface area (Å²) < 4.78 is 23.5. The summed E-state index contributed by atoms with van der Waals surface area (Å²) in [4.78, 5) is 0. The molecule has 0 aliphatic carbocycles. The first kappa shape index (κ1) is 29.2. The summed E-state index contributed by atoms with van der Waals surface area (Å²) in [6.45, 7) is 10.3. The van der Waals surface area contributed by atoms with E-state index in [0.717, 1.165) is 0 Å². The molecule has 0 aromatic heterocycles. The number of hydrogen-bond acceptors (Lipinski definition) is 3. The molecule has 1 aromatic rings. The van der Waals surface area contributed by atoms with E-state index in [9.17, 15) is 8.22 Å². The maximum atomic E-state index is 11.7. The Morgan fingerprint density at radius 2 is 0.952 bits per heavy atom. The Hall–Kier alpha value is 0.177. The average molecular weight is 490 g/mol. The van der Waals surface area contributed by atoms with E-state index < -0.39 is 9.46 Å². The van der Waals surface area contributed by atoms with Crippen molar-refractivity contribution in [1.29, 1.82) is 0 Å². The molecule has 0 aliphatic heterocycles. The van der Waals surface area contributed by atoms with Crippen LogP contribution in [-0.4, -0.2) is 43.1 Å². The van der Waals surface area contributed by atoms with Crippen molar-refractivity contribution in [2.75, 3.05) is 0 Å². The van der Waals surface area contributed by atoms with Crippen molar-refractivity contribution >= 4 is 14.7 Å². The quantitative estimate of drug-likeness (QED) is 0.321. The first-order valence-electron chi connectivity index (χ1n) is 6.54. The number of aliphatic hydroxyl groups excluding tert-OH is 3. The van der Waals surface area contributed by atoms with Gasteiger partial charge in [0.25, 0.3) is 0 Å². The summed E-state index contributed by atoms with van der Waals surface area (Å²) in [5.41, 5.74) is 0. The van der Waals surface area contributed by atoms with E-state index in [2.05, 4.69) is 0 Å². The number of aliphatic hydroxyl groups is 3. The second-order valence-corrected chi connectivity index (χ2v) is 6.07. The maximum Gasteiger partial charge on any atom is 0.387 e. The van der Waals surface area contributed by atoms with Crippen LogP contribution in [0.15, 0.2) is 24.3 Å². The third-order valence-electron chi connectivity index (χ3n) is 0.940. The van der Waals surface area contributed by atoms with Crippen molar-refractivity contribution in [3.05, 3.63) is 24.3 Å². The minimum absolute atomic E-state index is 0. The van der Waals surface area contributed by atoms with Crippen molar-refractivity contribution in [2.24, 2.45) is 0 Å². The molecule has 0 heterocycles. The predicted molar refractivity (Wildman–Crippen MR) is 83.1 cm³/mol. The van der Waals surface area contributed by atoms with Crippen molar-refractivity contribution in [3.63, 3.8) is 0 Å². The molecule has 0 radical (unpaired) electrons. The number of hydrogen-bond donors (Lipinski definition) is 3. The van der Waals surface area contributed by atoms with Crippen LogP contribution in [0.3, 0.4) is 0 Å². The summed E-state index contributed by atoms with van der Waals surface area (Å²) >= 11 is 0. The molecule has 7 heteroatoms. The van der Waals surface area contributed by atoms with Gasteiger partial charge >= 0.3 is 9.46 Å². The minimum Gasteiger partial charge on any atom is -0.394 e. The molecule has 0 fully saturated rings. The molecule has 3 N–H and O–H groups in total. The Bertz CT molecular complexity index is 247. The molecule has 3 nitrogen and oxygen atoms in total. The van der Waals surface area contributed by atoms with Gasteiger partial charge in [-0.25, -0.2) is 12.1 Å². The molecule has 0 unspecified atom stereocenters. The summed E-state index contributed by atoms with van der Waals surface area (Å²) in [6, 6.07) is 6.21. The SMILES string of the molecule is CC(C)O.CC(C)O.CC(C)O.F[SiH](F)[c-]1cccc1.[Hf]. The maximum absolute atomic E-state index is 11.7. The minimum atomic E-state index is -3.48. The first-order chi connectivity index (χ1) is 9.00. The fourth-order valence-electron chi connectivity index (χ4n) is 0.534. The molecule has 0 spiro atoms. The van der Waals surface area contributed by atoms with Crippen LogP contribution in [0.25, 0.3) is 0 Å².